The molecule has 0 spiro atoms. The van der Waals surface area contributed by atoms with Gasteiger partial charge in [0.15, 0.2) is 0 Å². The Balaban J connectivity index is -0.000000207. The number of nitrogens with zero attached hydrogens (tertiary/aromatic N) is 2. The van der Waals surface area contributed by atoms with Crippen LogP contribution in [0, 0.1) is 0 Å². The maximum Gasteiger partial charge on any atom is 0.300 e. The van der Waals surface area contributed by atoms with Gasteiger partial charge in [0.05, 0.1) is 0 Å². The van der Waals surface area contributed by atoms with Crippen LogP contribution in [0.5, 0.6) is 0 Å². The molecule has 40 heavy (non-hydrogen) atoms. The van der Waals surface area contributed by atoms with Gasteiger partial charge in [-0.05, 0) is 51.9 Å². The summed E-state index contributed by atoms with van der Waals surface area (Å²) in [5, 5.41) is 29.7. The van der Waals surface area contributed by atoms with Crippen LogP contribution in [0.1, 0.15) is 132 Å². The zero-order valence-corrected chi connectivity index (χ0v) is 27.0. The third-order valence-corrected chi connectivity index (χ3v) is 5.04. The molecule has 0 saturated carbocycles. The first-order valence-electron chi connectivity index (χ1n) is 14.9. The lowest BCUT2D eigenvalue weighted by atomic mass is 10.2. The fourth-order valence-electron chi connectivity index (χ4n) is 3.30. The highest BCUT2D eigenvalue weighted by atomic mass is 16.4. The van der Waals surface area contributed by atoms with E-state index >= 15 is 0 Å². The molecule has 0 rings (SSSR count). The van der Waals surface area contributed by atoms with Crippen LogP contribution in [-0.4, -0.2) is 93.4 Å². The Bertz CT molecular complexity index is 452. The summed E-state index contributed by atoms with van der Waals surface area (Å²) < 4.78 is 0. The summed E-state index contributed by atoms with van der Waals surface area (Å²) in [4.78, 5) is 41.5. The van der Waals surface area contributed by atoms with Crippen LogP contribution >= 0.6 is 0 Å². The zero-order valence-electron chi connectivity index (χ0n) is 27.0. The maximum atomic E-state index is 9.00. The van der Waals surface area contributed by atoms with Gasteiger partial charge in [0.25, 0.3) is 23.9 Å². The van der Waals surface area contributed by atoms with E-state index in [0.717, 1.165) is 27.7 Å². The van der Waals surface area contributed by atoms with E-state index in [-0.39, 0.29) is 0 Å². The number of rotatable bonds is 19. The molecule has 242 valence electrons. The number of hydrogen-bond donors (Lipinski definition) is 4. The Morgan fingerprint density at radius 1 is 0.375 bits per heavy atom. The van der Waals surface area contributed by atoms with Gasteiger partial charge in [-0.25, -0.2) is 0 Å². The SMILES string of the molecule is CC(=O)O.CC(=O)O.CC(=O)O.CC(=O)O.CCCCCN(CCCCC)CCN(CCCCC)CCCCC. The van der Waals surface area contributed by atoms with E-state index in [0.29, 0.717) is 0 Å². The van der Waals surface area contributed by atoms with E-state index in [9.17, 15) is 0 Å². The number of carbonyl (C=O) groups is 4. The Kier molecular flexibility index (Phi) is 49.1. The number of unbranched alkanes of at least 4 members (excludes halogenated alkanes) is 8. The number of aliphatic carboxylic acids is 4. The standard InChI is InChI=1S/C22H48N2.4C2H4O2/c1-5-9-13-17-23(18-14-10-6-2)21-22-24(19-15-11-7-3)20-16-12-8-4;4*1-2(3)4/h5-22H2,1-4H3;4*1H3,(H,3,4). The van der Waals surface area contributed by atoms with Crippen LogP contribution in [0.15, 0.2) is 0 Å². The first-order valence-corrected chi connectivity index (χ1v) is 14.9. The molecular weight excluding hydrogens is 516 g/mol. The quantitative estimate of drug-likeness (QED) is 0.121. The molecule has 0 bridgehead atoms. The molecule has 0 aromatic rings. The van der Waals surface area contributed by atoms with Crippen molar-refractivity contribution in [2.75, 3.05) is 39.3 Å². The van der Waals surface area contributed by atoms with Crippen molar-refractivity contribution in [2.45, 2.75) is 132 Å². The van der Waals surface area contributed by atoms with Gasteiger partial charge in [-0.15, -0.1) is 0 Å². The summed E-state index contributed by atoms with van der Waals surface area (Å²) in [6.45, 7) is 21.4. The third-order valence-electron chi connectivity index (χ3n) is 5.04. The highest BCUT2D eigenvalue weighted by Gasteiger charge is 2.09. The molecule has 0 amide bonds. The summed E-state index contributed by atoms with van der Waals surface area (Å²) in [6.07, 6.45) is 16.4. The second-order valence-corrected chi connectivity index (χ2v) is 9.59. The topological polar surface area (TPSA) is 156 Å². The normalized spacial score (nSPS) is 9.55. The third kappa shape index (κ3) is 83.4. The minimum atomic E-state index is -0.833. The number of carboxylic acids is 4. The van der Waals surface area contributed by atoms with E-state index in [2.05, 4.69) is 37.5 Å². The van der Waals surface area contributed by atoms with Crippen molar-refractivity contribution in [1.29, 1.82) is 0 Å². The maximum absolute atomic E-state index is 9.00. The van der Waals surface area contributed by atoms with Crippen LogP contribution in [0.3, 0.4) is 0 Å². The van der Waals surface area contributed by atoms with Crippen molar-refractivity contribution in [3.05, 3.63) is 0 Å². The average molecular weight is 581 g/mol. The second-order valence-electron chi connectivity index (χ2n) is 9.59. The van der Waals surface area contributed by atoms with Crippen LogP contribution in [0.4, 0.5) is 0 Å². The summed E-state index contributed by atoms with van der Waals surface area (Å²) in [7, 11) is 0. The molecule has 0 aromatic carbocycles. The van der Waals surface area contributed by atoms with Crippen LogP contribution in [0.25, 0.3) is 0 Å². The molecule has 0 saturated heterocycles. The van der Waals surface area contributed by atoms with E-state index in [4.69, 9.17) is 39.6 Å². The molecule has 0 aliphatic carbocycles. The molecule has 10 heteroatoms. The lowest BCUT2D eigenvalue weighted by Gasteiger charge is -2.28. The summed E-state index contributed by atoms with van der Waals surface area (Å²) in [6, 6.07) is 0. The molecule has 0 radical (unpaired) electrons. The molecule has 0 heterocycles. The molecule has 0 unspecified atom stereocenters. The largest absolute Gasteiger partial charge is 0.481 e. The van der Waals surface area contributed by atoms with Gasteiger partial charge >= 0.3 is 0 Å². The Morgan fingerprint density at radius 3 is 0.650 bits per heavy atom. The van der Waals surface area contributed by atoms with Gasteiger partial charge in [0, 0.05) is 40.8 Å². The lowest BCUT2D eigenvalue weighted by Crippen LogP contribution is -2.37. The molecule has 0 aromatic heterocycles. The number of hydrogen-bond acceptors (Lipinski definition) is 6. The molecular formula is C30H64N2O8. The predicted octanol–water partition coefficient (Wildman–Crippen LogP) is 6.71. The monoisotopic (exact) mass is 580 g/mol. The van der Waals surface area contributed by atoms with Gasteiger partial charge in [-0.3, -0.25) is 19.2 Å². The molecule has 4 N–H and O–H groups in total. The summed E-state index contributed by atoms with van der Waals surface area (Å²) in [5.41, 5.74) is 0. The number of carboxylic acid groups (broad SMARTS) is 4. The van der Waals surface area contributed by atoms with Crippen molar-refractivity contribution < 1.29 is 39.6 Å². The Hall–Kier alpha value is -2.20. The molecule has 10 nitrogen and oxygen atoms in total. The van der Waals surface area contributed by atoms with Gasteiger partial charge < -0.3 is 30.2 Å². The molecule has 0 aliphatic heterocycles. The summed E-state index contributed by atoms with van der Waals surface area (Å²) in [5.74, 6) is -3.33. The van der Waals surface area contributed by atoms with Gasteiger partial charge in [0.1, 0.15) is 0 Å². The van der Waals surface area contributed by atoms with E-state index in [1.807, 2.05) is 0 Å². The first kappa shape index (κ1) is 47.6. The fraction of sp³-hybridized carbons (Fsp3) is 0.867. The van der Waals surface area contributed by atoms with E-state index < -0.39 is 23.9 Å². The van der Waals surface area contributed by atoms with Crippen molar-refractivity contribution in [3.8, 4) is 0 Å². The van der Waals surface area contributed by atoms with Gasteiger partial charge in [-0.1, -0.05) is 79.1 Å². The van der Waals surface area contributed by atoms with Crippen LogP contribution in [-0.2, 0) is 19.2 Å². The van der Waals surface area contributed by atoms with Crippen molar-refractivity contribution >= 4 is 23.9 Å². The van der Waals surface area contributed by atoms with E-state index in [1.54, 1.807) is 0 Å². The highest BCUT2D eigenvalue weighted by Crippen LogP contribution is 2.06. The van der Waals surface area contributed by atoms with Crippen LogP contribution in [0.2, 0.25) is 0 Å². The van der Waals surface area contributed by atoms with Gasteiger partial charge in [0.2, 0.25) is 0 Å². The van der Waals surface area contributed by atoms with Crippen LogP contribution < -0.4 is 0 Å². The van der Waals surface area contributed by atoms with Crippen molar-refractivity contribution in [2.24, 2.45) is 0 Å². The Labute approximate surface area is 245 Å². The minimum absolute atomic E-state index is 0.833. The van der Waals surface area contributed by atoms with Crippen molar-refractivity contribution in [3.63, 3.8) is 0 Å². The summed E-state index contributed by atoms with van der Waals surface area (Å²) >= 11 is 0. The minimum Gasteiger partial charge on any atom is -0.481 e. The van der Waals surface area contributed by atoms with Gasteiger partial charge in [-0.2, -0.15) is 0 Å². The fourth-order valence-corrected chi connectivity index (χ4v) is 3.30. The first-order chi connectivity index (χ1) is 18.7. The molecule has 0 fully saturated rings. The lowest BCUT2D eigenvalue weighted by molar-refractivity contribution is -0.135. The smallest absolute Gasteiger partial charge is 0.300 e. The zero-order chi connectivity index (χ0) is 32.2. The molecule has 0 aliphatic rings. The predicted molar refractivity (Wildman–Crippen MR) is 164 cm³/mol. The van der Waals surface area contributed by atoms with Crippen molar-refractivity contribution in [1.82, 2.24) is 9.80 Å². The van der Waals surface area contributed by atoms with E-state index in [1.165, 1.54) is 116 Å². The Morgan fingerprint density at radius 2 is 0.525 bits per heavy atom. The highest BCUT2D eigenvalue weighted by molar-refractivity contribution is 5.63. The second kappa shape index (κ2) is 41.3. The average Bonchev–Trinajstić information content (AvgIpc) is 2.81. The molecule has 0 atom stereocenters.